The van der Waals surface area contributed by atoms with Crippen molar-refractivity contribution in [3.05, 3.63) is 30.1 Å². The summed E-state index contributed by atoms with van der Waals surface area (Å²) in [5.41, 5.74) is -0.474. The molecule has 1 saturated carbocycles. The van der Waals surface area contributed by atoms with E-state index in [4.69, 9.17) is 0 Å². The predicted molar refractivity (Wildman–Crippen MR) is 136 cm³/mol. The second-order valence-corrected chi connectivity index (χ2v) is 12.8. The van der Waals surface area contributed by atoms with Crippen LogP contribution in [-0.2, 0) is 20.8 Å². The Morgan fingerprint density at radius 2 is 1.92 bits per heavy atom. The van der Waals surface area contributed by atoms with E-state index in [0.717, 1.165) is 18.6 Å². The van der Waals surface area contributed by atoms with E-state index in [1.54, 1.807) is 4.90 Å². The van der Waals surface area contributed by atoms with Crippen molar-refractivity contribution in [2.75, 3.05) is 30.9 Å². The maximum Gasteiger partial charge on any atom is 0.416 e. The van der Waals surface area contributed by atoms with Gasteiger partial charge in [-0.05, 0) is 70.7 Å². The number of hydrogen-bond donors (Lipinski definition) is 1. The molecule has 0 bridgehead atoms. The summed E-state index contributed by atoms with van der Waals surface area (Å²) in [6, 6.07) is 2.94. The third-order valence-corrected chi connectivity index (χ3v) is 8.77. The van der Waals surface area contributed by atoms with Crippen molar-refractivity contribution in [3.8, 4) is 0 Å². The molecular formula is C25H34F3N5O3S. The number of amides is 1. The van der Waals surface area contributed by atoms with E-state index in [2.05, 4.69) is 34.0 Å². The van der Waals surface area contributed by atoms with E-state index >= 15 is 0 Å². The average molecular weight is 542 g/mol. The third-order valence-electron chi connectivity index (χ3n) is 7.74. The zero-order chi connectivity index (χ0) is 27.1. The highest BCUT2D eigenvalue weighted by molar-refractivity contribution is 7.90. The van der Waals surface area contributed by atoms with Gasteiger partial charge in [-0.3, -0.25) is 4.79 Å². The Labute approximate surface area is 215 Å². The van der Waals surface area contributed by atoms with Gasteiger partial charge in [0, 0.05) is 36.3 Å². The highest BCUT2D eigenvalue weighted by Crippen LogP contribution is 2.36. The number of sulfone groups is 1. The smallest absolute Gasteiger partial charge is 0.358 e. The highest BCUT2D eigenvalue weighted by atomic mass is 32.2. The van der Waals surface area contributed by atoms with Crippen molar-refractivity contribution >= 4 is 32.5 Å². The van der Waals surface area contributed by atoms with Crippen LogP contribution in [0.3, 0.4) is 0 Å². The fraction of sp³-hybridized carbons (Fsp3) is 0.640. The van der Waals surface area contributed by atoms with Gasteiger partial charge in [0.25, 0.3) is 0 Å². The van der Waals surface area contributed by atoms with Crippen LogP contribution in [0.25, 0.3) is 10.9 Å². The number of benzene rings is 1. The van der Waals surface area contributed by atoms with E-state index in [1.807, 2.05) is 7.05 Å². The number of rotatable bonds is 7. The molecule has 4 atom stereocenters. The lowest BCUT2D eigenvalue weighted by Crippen LogP contribution is -2.52. The molecule has 1 aromatic carbocycles. The molecule has 204 valence electrons. The summed E-state index contributed by atoms with van der Waals surface area (Å²) in [4.78, 5) is 25.7. The van der Waals surface area contributed by atoms with Crippen LogP contribution in [0.1, 0.15) is 45.1 Å². The van der Waals surface area contributed by atoms with Gasteiger partial charge in [-0.15, -0.1) is 0 Å². The van der Waals surface area contributed by atoms with Crippen LogP contribution in [0.2, 0.25) is 0 Å². The number of hydrogen-bond acceptors (Lipinski definition) is 7. The van der Waals surface area contributed by atoms with Crippen molar-refractivity contribution in [1.82, 2.24) is 19.8 Å². The highest BCUT2D eigenvalue weighted by Gasteiger charge is 2.43. The summed E-state index contributed by atoms with van der Waals surface area (Å²) in [7, 11) is -1.21. The summed E-state index contributed by atoms with van der Waals surface area (Å²) in [6.07, 6.45) is 0.656. The molecule has 2 heterocycles. The Morgan fingerprint density at radius 3 is 2.57 bits per heavy atom. The predicted octanol–water partition coefficient (Wildman–Crippen LogP) is 3.58. The molecule has 0 spiro atoms. The second kappa shape index (κ2) is 10.4. The number of nitrogens with zero attached hydrogens (tertiary/aromatic N) is 4. The summed E-state index contributed by atoms with van der Waals surface area (Å²) in [5, 5.41) is 3.24. The number of carbonyl (C=O) groups is 1. The first kappa shape index (κ1) is 27.6. The first-order chi connectivity index (χ1) is 17.2. The van der Waals surface area contributed by atoms with E-state index in [9.17, 15) is 26.4 Å². The van der Waals surface area contributed by atoms with Gasteiger partial charge in [-0.2, -0.15) is 13.2 Å². The minimum atomic E-state index is -4.52. The fourth-order valence-corrected chi connectivity index (χ4v) is 6.81. The molecule has 12 heteroatoms. The molecular weight excluding hydrogens is 507 g/mol. The average Bonchev–Trinajstić information content (AvgIpc) is 3.16. The number of nitrogens with one attached hydrogen (secondary N) is 1. The van der Waals surface area contributed by atoms with Gasteiger partial charge in [-0.1, -0.05) is 0 Å². The number of likely N-dealkylation sites (tertiary alicyclic amines) is 1. The Bertz CT molecular complexity index is 1250. The molecule has 1 unspecified atom stereocenters. The molecule has 8 nitrogen and oxygen atoms in total. The van der Waals surface area contributed by atoms with Crippen molar-refractivity contribution in [2.45, 2.75) is 69.9 Å². The van der Waals surface area contributed by atoms with Crippen molar-refractivity contribution < 1.29 is 26.4 Å². The van der Waals surface area contributed by atoms with E-state index in [-0.39, 0.29) is 40.9 Å². The molecule has 1 aromatic heterocycles. The normalized spacial score (nSPS) is 25.4. The molecule has 1 amide bonds. The van der Waals surface area contributed by atoms with Crippen molar-refractivity contribution in [1.29, 1.82) is 0 Å². The molecule has 4 rings (SSSR count). The lowest BCUT2D eigenvalue weighted by atomic mass is 9.81. The van der Waals surface area contributed by atoms with Gasteiger partial charge < -0.3 is 15.1 Å². The Kier molecular flexibility index (Phi) is 7.72. The number of halogens is 3. The standard InChI is InChI=1S/C25H34F3N5O3S/c1-15(2)32(3)18-6-8-22(16(11-18)13-37(4,35)36)33-10-9-21(24(33)34)31-23-19-12-17(25(26,27)28)5-7-20(19)29-14-30-23/h5,7,12,14-16,18,21-22H,6,8-11,13H2,1-4H3,(H,29,30,31)/t16-,18+,21?,22-/m0/s1. The first-order valence-electron chi connectivity index (χ1n) is 12.5. The molecule has 1 N–H and O–H groups in total. The molecule has 1 saturated heterocycles. The van der Waals surface area contributed by atoms with Gasteiger partial charge in [0.1, 0.15) is 28.0 Å². The molecule has 0 radical (unpaired) electrons. The number of aromatic nitrogens is 2. The lowest BCUT2D eigenvalue weighted by molar-refractivity contribution is -0.137. The van der Waals surface area contributed by atoms with Crippen molar-refractivity contribution in [3.63, 3.8) is 0 Å². The SMILES string of the molecule is CC(C)N(C)[C@@H]1CC[C@H](N2CCC(Nc3ncnc4ccc(C(F)(F)F)cc34)C2=O)[C@H](CS(C)(=O)=O)C1. The van der Waals surface area contributed by atoms with E-state index in [0.29, 0.717) is 37.4 Å². The van der Waals surface area contributed by atoms with Crippen LogP contribution in [0.5, 0.6) is 0 Å². The zero-order valence-corrected chi connectivity index (χ0v) is 22.3. The topological polar surface area (TPSA) is 95.5 Å². The Balaban J connectivity index is 1.54. The minimum Gasteiger partial charge on any atom is -0.358 e. The Hall–Kier alpha value is -2.47. The monoisotopic (exact) mass is 541 g/mol. The molecule has 37 heavy (non-hydrogen) atoms. The van der Waals surface area contributed by atoms with Gasteiger partial charge in [0.05, 0.1) is 16.8 Å². The lowest BCUT2D eigenvalue weighted by Gasteiger charge is -2.44. The zero-order valence-electron chi connectivity index (χ0n) is 21.5. The van der Waals surface area contributed by atoms with Gasteiger partial charge in [-0.25, -0.2) is 18.4 Å². The van der Waals surface area contributed by atoms with Crippen LogP contribution in [-0.4, -0.2) is 83.9 Å². The fourth-order valence-electron chi connectivity index (χ4n) is 5.67. The van der Waals surface area contributed by atoms with Crippen LogP contribution in [0.15, 0.2) is 24.5 Å². The number of fused-ring (bicyclic) bond motifs is 1. The van der Waals surface area contributed by atoms with E-state index in [1.165, 1.54) is 18.6 Å². The maximum absolute atomic E-state index is 13.5. The molecule has 2 fully saturated rings. The van der Waals surface area contributed by atoms with Crippen LogP contribution < -0.4 is 5.32 Å². The van der Waals surface area contributed by atoms with Gasteiger partial charge in [0.15, 0.2) is 0 Å². The van der Waals surface area contributed by atoms with Crippen LogP contribution in [0.4, 0.5) is 19.0 Å². The molecule has 1 aliphatic carbocycles. The maximum atomic E-state index is 13.5. The Morgan fingerprint density at radius 1 is 1.19 bits per heavy atom. The summed E-state index contributed by atoms with van der Waals surface area (Å²) in [6.45, 7) is 4.65. The first-order valence-corrected chi connectivity index (χ1v) is 14.6. The van der Waals surface area contributed by atoms with Gasteiger partial charge >= 0.3 is 6.18 Å². The third kappa shape index (κ3) is 6.17. The van der Waals surface area contributed by atoms with Gasteiger partial charge in [0.2, 0.25) is 5.91 Å². The van der Waals surface area contributed by atoms with Crippen molar-refractivity contribution in [2.24, 2.45) is 5.92 Å². The summed E-state index contributed by atoms with van der Waals surface area (Å²) in [5.74, 6) is -0.185. The summed E-state index contributed by atoms with van der Waals surface area (Å²) >= 11 is 0. The number of alkyl halides is 3. The largest absolute Gasteiger partial charge is 0.416 e. The molecule has 1 aliphatic heterocycles. The van der Waals surface area contributed by atoms with Crippen LogP contribution >= 0.6 is 0 Å². The number of carbonyl (C=O) groups excluding carboxylic acids is 1. The minimum absolute atomic E-state index is 0.0126. The quantitative estimate of drug-likeness (QED) is 0.573. The molecule has 2 aliphatic rings. The summed E-state index contributed by atoms with van der Waals surface area (Å²) < 4.78 is 64.4. The van der Waals surface area contributed by atoms with Crippen LogP contribution in [0, 0.1) is 5.92 Å². The van der Waals surface area contributed by atoms with E-state index < -0.39 is 27.6 Å². The number of anilines is 1. The second-order valence-electron chi connectivity index (χ2n) is 10.6. The molecule has 2 aromatic rings.